The number of nitrogens with zero attached hydrogens (tertiary/aromatic N) is 1. The second-order valence-electron chi connectivity index (χ2n) is 3.70. The third-order valence-corrected chi connectivity index (χ3v) is 3.27. The standard InChI is InChI=1S/C9H15ClN2O/c1-13-11-9(10)8-6-12-4-2-7(8)3-5-12/h7,11H,2-6H2,1H3/b9-8-. The first kappa shape index (κ1) is 9.31. The molecule has 0 spiro atoms. The predicted molar refractivity (Wildman–Crippen MR) is 52.2 cm³/mol. The lowest BCUT2D eigenvalue weighted by atomic mass is 9.84. The van der Waals surface area contributed by atoms with E-state index in [2.05, 4.69) is 10.4 Å². The number of rotatable bonds is 2. The van der Waals surface area contributed by atoms with Crippen LogP contribution < -0.4 is 5.48 Å². The Hall–Kier alpha value is -0.250. The fourth-order valence-corrected chi connectivity index (χ4v) is 2.50. The maximum absolute atomic E-state index is 6.07. The molecule has 0 unspecified atom stereocenters. The summed E-state index contributed by atoms with van der Waals surface area (Å²) in [5.41, 5.74) is 4.04. The molecule has 3 saturated heterocycles. The summed E-state index contributed by atoms with van der Waals surface area (Å²) in [5, 5.41) is 0.692. The first-order valence-electron chi connectivity index (χ1n) is 4.71. The molecule has 0 amide bonds. The van der Waals surface area contributed by atoms with Crippen LogP contribution in [0.15, 0.2) is 10.7 Å². The minimum atomic E-state index is 0.681. The molecule has 0 aromatic carbocycles. The molecule has 3 rings (SSSR count). The lowest BCUT2D eigenvalue weighted by Gasteiger charge is -2.41. The molecule has 3 fully saturated rings. The van der Waals surface area contributed by atoms with Crippen molar-refractivity contribution in [1.29, 1.82) is 0 Å². The molecule has 0 aliphatic carbocycles. The van der Waals surface area contributed by atoms with Crippen LogP contribution in [0.4, 0.5) is 0 Å². The van der Waals surface area contributed by atoms with Gasteiger partial charge in [-0.1, -0.05) is 11.6 Å². The van der Waals surface area contributed by atoms with Crippen LogP contribution in [-0.2, 0) is 4.84 Å². The smallest absolute Gasteiger partial charge is 0.127 e. The number of halogens is 1. The molecule has 0 aromatic heterocycles. The molecule has 3 nitrogen and oxygen atoms in total. The van der Waals surface area contributed by atoms with E-state index in [9.17, 15) is 0 Å². The Morgan fingerprint density at radius 3 is 2.69 bits per heavy atom. The minimum absolute atomic E-state index is 0.681. The van der Waals surface area contributed by atoms with E-state index in [1.807, 2.05) is 0 Å². The van der Waals surface area contributed by atoms with Gasteiger partial charge in [-0.2, -0.15) is 0 Å². The van der Waals surface area contributed by atoms with Gasteiger partial charge >= 0.3 is 0 Å². The van der Waals surface area contributed by atoms with Gasteiger partial charge in [0.2, 0.25) is 0 Å². The normalized spacial score (nSPS) is 36.2. The summed E-state index contributed by atoms with van der Waals surface area (Å²) in [6.07, 6.45) is 2.49. The van der Waals surface area contributed by atoms with Crippen molar-refractivity contribution in [2.75, 3.05) is 26.7 Å². The number of nitrogens with one attached hydrogen (secondary N) is 1. The van der Waals surface area contributed by atoms with Crippen molar-refractivity contribution in [3.63, 3.8) is 0 Å². The van der Waals surface area contributed by atoms with Gasteiger partial charge in [-0.3, -0.25) is 15.2 Å². The Kier molecular flexibility index (Phi) is 2.77. The van der Waals surface area contributed by atoms with Crippen LogP contribution in [0, 0.1) is 5.92 Å². The van der Waals surface area contributed by atoms with Crippen molar-refractivity contribution >= 4 is 11.6 Å². The molecular weight excluding hydrogens is 188 g/mol. The van der Waals surface area contributed by atoms with E-state index in [1.54, 1.807) is 7.11 Å². The van der Waals surface area contributed by atoms with Crippen LogP contribution >= 0.6 is 11.6 Å². The Balaban J connectivity index is 2.11. The number of hydrogen-bond donors (Lipinski definition) is 1. The summed E-state index contributed by atoms with van der Waals surface area (Å²) < 4.78 is 0. The predicted octanol–water partition coefficient (Wildman–Crippen LogP) is 1.31. The van der Waals surface area contributed by atoms with Gasteiger partial charge in [0, 0.05) is 6.54 Å². The summed E-state index contributed by atoms with van der Waals surface area (Å²) in [5.74, 6) is 0.681. The molecule has 0 saturated carbocycles. The van der Waals surface area contributed by atoms with E-state index in [1.165, 1.54) is 31.5 Å². The van der Waals surface area contributed by atoms with E-state index in [4.69, 9.17) is 16.4 Å². The second kappa shape index (κ2) is 3.86. The number of hydroxylamine groups is 1. The number of piperidine rings is 3. The van der Waals surface area contributed by atoms with Crippen LogP contribution in [0.1, 0.15) is 12.8 Å². The van der Waals surface area contributed by atoms with Crippen LogP contribution in [0.25, 0.3) is 0 Å². The number of fused-ring (bicyclic) bond motifs is 3. The van der Waals surface area contributed by atoms with Gasteiger partial charge in [0.1, 0.15) is 5.16 Å². The molecular formula is C9H15ClN2O. The maximum atomic E-state index is 6.07. The average molecular weight is 203 g/mol. The topological polar surface area (TPSA) is 24.5 Å². The summed E-state index contributed by atoms with van der Waals surface area (Å²) >= 11 is 6.07. The van der Waals surface area contributed by atoms with Crippen molar-refractivity contribution in [2.45, 2.75) is 12.8 Å². The first-order chi connectivity index (χ1) is 6.31. The monoisotopic (exact) mass is 202 g/mol. The average Bonchev–Trinajstić information content (AvgIpc) is 2.20. The van der Waals surface area contributed by atoms with Gasteiger partial charge in [-0.15, -0.1) is 0 Å². The van der Waals surface area contributed by atoms with Crippen LogP contribution in [0.5, 0.6) is 0 Å². The third kappa shape index (κ3) is 1.82. The molecule has 3 aliphatic rings. The Labute approximate surface area is 83.6 Å². The van der Waals surface area contributed by atoms with Gasteiger partial charge in [0.05, 0.1) is 7.11 Å². The lowest BCUT2D eigenvalue weighted by molar-refractivity contribution is 0.115. The van der Waals surface area contributed by atoms with Crippen molar-refractivity contribution in [3.8, 4) is 0 Å². The third-order valence-electron chi connectivity index (χ3n) is 2.95. The minimum Gasteiger partial charge on any atom is -0.299 e. The highest BCUT2D eigenvalue weighted by Gasteiger charge is 2.31. The Bertz CT molecular complexity index is 222. The highest BCUT2D eigenvalue weighted by atomic mass is 35.5. The van der Waals surface area contributed by atoms with Gasteiger partial charge in [0.25, 0.3) is 0 Å². The maximum Gasteiger partial charge on any atom is 0.127 e. The van der Waals surface area contributed by atoms with Crippen LogP contribution in [-0.4, -0.2) is 31.6 Å². The summed E-state index contributed by atoms with van der Waals surface area (Å²) in [6.45, 7) is 3.47. The molecule has 4 heteroatoms. The zero-order chi connectivity index (χ0) is 9.26. The summed E-state index contributed by atoms with van der Waals surface area (Å²) in [7, 11) is 1.59. The first-order valence-corrected chi connectivity index (χ1v) is 5.09. The molecule has 3 heterocycles. The second-order valence-corrected chi connectivity index (χ2v) is 4.07. The van der Waals surface area contributed by atoms with Crippen molar-refractivity contribution < 1.29 is 4.84 Å². The molecule has 3 aliphatic heterocycles. The molecule has 1 N–H and O–H groups in total. The summed E-state index contributed by atoms with van der Waals surface area (Å²) in [4.78, 5) is 7.25. The van der Waals surface area contributed by atoms with Crippen LogP contribution in [0.3, 0.4) is 0 Å². The lowest BCUT2D eigenvalue weighted by Crippen LogP contribution is -2.44. The molecule has 0 atom stereocenters. The van der Waals surface area contributed by atoms with Crippen molar-refractivity contribution in [3.05, 3.63) is 10.7 Å². The fourth-order valence-electron chi connectivity index (χ4n) is 2.21. The Morgan fingerprint density at radius 1 is 1.54 bits per heavy atom. The van der Waals surface area contributed by atoms with Gasteiger partial charge in [0.15, 0.2) is 0 Å². The van der Waals surface area contributed by atoms with E-state index in [-0.39, 0.29) is 0 Å². The van der Waals surface area contributed by atoms with Crippen molar-refractivity contribution in [2.24, 2.45) is 5.92 Å². The fraction of sp³-hybridized carbons (Fsp3) is 0.778. The van der Waals surface area contributed by atoms with Gasteiger partial charge in [-0.25, -0.2) is 0 Å². The quantitative estimate of drug-likeness (QED) is 0.540. The largest absolute Gasteiger partial charge is 0.299 e. The van der Waals surface area contributed by atoms with Crippen molar-refractivity contribution in [1.82, 2.24) is 10.4 Å². The Morgan fingerprint density at radius 2 is 2.23 bits per heavy atom. The highest BCUT2D eigenvalue weighted by Crippen LogP contribution is 2.33. The zero-order valence-electron chi connectivity index (χ0n) is 7.85. The van der Waals surface area contributed by atoms with E-state index in [0.29, 0.717) is 11.1 Å². The SMILES string of the molecule is CON/C(Cl)=C1/CN2CCC1CC2. The molecule has 2 bridgehead atoms. The van der Waals surface area contributed by atoms with Gasteiger partial charge in [-0.05, 0) is 37.4 Å². The van der Waals surface area contributed by atoms with E-state index < -0.39 is 0 Å². The molecule has 74 valence electrons. The van der Waals surface area contributed by atoms with Crippen LogP contribution in [0.2, 0.25) is 0 Å². The summed E-state index contributed by atoms with van der Waals surface area (Å²) in [6, 6.07) is 0. The highest BCUT2D eigenvalue weighted by molar-refractivity contribution is 6.29. The molecule has 13 heavy (non-hydrogen) atoms. The number of hydrogen-bond acceptors (Lipinski definition) is 3. The van der Waals surface area contributed by atoms with E-state index >= 15 is 0 Å². The van der Waals surface area contributed by atoms with Gasteiger partial charge < -0.3 is 0 Å². The molecule has 0 radical (unpaired) electrons. The van der Waals surface area contributed by atoms with E-state index in [0.717, 1.165) is 6.54 Å². The molecule has 0 aromatic rings. The zero-order valence-corrected chi connectivity index (χ0v) is 8.60.